The van der Waals surface area contributed by atoms with Crippen molar-refractivity contribution in [1.29, 1.82) is 10.5 Å². The van der Waals surface area contributed by atoms with Crippen molar-refractivity contribution in [2.24, 2.45) is 0 Å². The van der Waals surface area contributed by atoms with Crippen LogP contribution in [0.4, 0.5) is 10.2 Å². The molecule has 0 atom stereocenters. The van der Waals surface area contributed by atoms with E-state index in [1.54, 1.807) is 42.5 Å². The maximum Gasteiger partial charge on any atom is 0.142 e. The summed E-state index contributed by atoms with van der Waals surface area (Å²) in [7, 11) is 0. The minimum atomic E-state index is -0.340. The molecule has 5 heteroatoms. The molecule has 1 aromatic heterocycles. The molecule has 0 aliphatic heterocycles. The predicted molar refractivity (Wildman–Crippen MR) is 88.9 cm³/mol. The van der Waals surface area contributed by atoms with Gasteiger partial charge in [-0.15, -0.1) is 0 Å². The van der Waals surface area contributed by atoms with Crippen molar-refractivity contribution < 1.29 is 4.39 Å². The maximum atomic E-state index is 13.1. The highest BCUT2D eigenvalue weighted by molar-refractivity contribution is 5.80. The number of aromatic nitrogens is 1. The molecule has 0 aliphatic rings. The van der Waals surface area contributed by atoms with Crippen molar-refractivity contribution in [2.75, 3.05) is 5.73 Å². The second kappa shape index (κ2) is 6.20. The van der Waals surface area contributed by atoms with E-state index in [0.717, 1.165) is 5.56 Å². The summed E-state index contributed by atoms with van der Waals surface area (Å²) >= 11 is 0. The summed E-state index contributed by atoms with van der Waals surface area (Å²) in [4.78, 5) is 4.24. The van der Waals surface area contributed by atoms with Gasteiger partial charge in [-0.1, -0.05) is 12.1 Å². The van der Waals surface area contributed by atoms with E-state index in [0.29, 0.717) is 22.4 Å². The van der Waals surface area contributed by atoms with Crippen molar-refractivity contribution in [3.63, 3.8) is 0 Å². The van der Waals surface area contributed by atoms with Crippen molar-refractivity contribution in [3.05, 3.63) is 71.5 Å². The summed E-state index contributed by atoms with van der Waals surface area (Å²) in [6, 6.07) is 18.6. The number of pyridine rings is 1. The molecule has 24 heavy (non-hydrogen) atoms. The van der Waals surface area contributed by atoms with E-state index < -0.39 is 0 Å². The van der Waals surface area contributed by atoms with E-state index in [9.17, 15) is 9.65 Å². The van der Waals surface area contributed by atoms with Crippen LogP contribution in [0.25, 0.3) is 22.4 Å². The number of hydrogen-bond donors (Lipinski definition) is 1. The monoisotopic (exact) mass is 314 g/mol. The van der Waals surface area contributed by atoms with Gasteiger partial charge in [0.1, 0.15) is 23.3 Å². The van der Waals surface area contributed by atoms with Gasteiger partial charge in [-0.2, -0.15) is 10.5 Å². The van der Waals surface area contributed by atoms with Gasteiger partial charge in [0.15, 0.2) is 0 Å². The number of nitrogens with zero attached hydrogens (tertiary/aromatic N) is 3. The van der Waals surface area contributed by atoms with Crippen LogP contribution in [0.2, 0.25) is 0 Å². The molecule has 0 aliphatic carbocycles. The van der Waals surface area contributed by atoms with Crippen molar-refractivity contribution in [1.82, 2.24) is 4.98 Å². The summed E-state index contributed by atoms with van der Waals surface area (Å²) in [6.45, 7) is 0. The standard InChI is InChI=1S/C19H11FN4/c20-15-7-5-14(6-8-15)18-9-16(17(11-22)19(23)24-18)13-3-1-12(10-21)2-4-13/h1-9H,(H2,23,24). The fourth-order valence-electron chi connectivity index (χ4n) is 2.40. The molecular formula is C19H11FN4. The van der Waals surface area contributed by atoms with Gasteiger partial charge in [0.05, 0.1) is 17.3 Å². The molecule has 114 valence electrons. The number of halogens is 1. The molecule has 0 spiro atoms. The second-order valence-electron chi connectivity index (χ2n) is 5.12. The molecule has 0 fully saturated rings. The van der Waals surface area contributed by atoms with Gasteiger partial charge in [-0.05, 0) is 48.0 Å². The molecule has 2 aromatic carbocycles. The quantitative estimate of drug-likeness (QED) is 0.777. The van der Waals surface area contributed by atoms with E-state index in [4.69, 9.17) is 11.0 Å². The maximum absolute atomic E-state index is 13.1. The van der Waals surface area contributed by atoms with Gasteiger partial charge >= 0.3 is 0 Å². The number of nitrogen functional groups attached to an aromatic ring is 1. The lowest BCUT2D eigenvalue weighted by molar-refractivity contribution is 0.628. The highest BCUT2D eigenvalue weighted by atomic mass is 19.1. The average Bonchev–Trinajstić information content (AvgIpc) is 2.61. The Balaban J connectivity index is 2.18. The number of hydrogen-bond acceptors (Lipinski definition) is 4. The zero-order valence-electron chi connectivity index (χ0n) is 12.5. The van der Waals surface area contributed by atoms with E-state index in [-0.39, 0.29) is 17.2 Å². The molecule has 0 amide bonds. The van der Waals surface area contributed by atoms with Gasteiger partial charge in [-0.25, -0.2) is 9.37 Å². The van der Waals surface area contributed by atoms with E-state index in [1.807, 2.05) is 0 Å². The number of benzene rings is 2. The Morgan fingerprint density at radius 2 is 1.50 bits per heavy atom. The zero-order valence-corrected chi connectivity index (χ0v) is 12.5. The fourth-order valence-corrected chi connectivity index (χ4v) is 2.40. The Bertz CT molecular complexity index is 978. The Morgan fingerprint density at radius 3 is 2.08 bits per heavy atom. The normalized spacial score (nSPS) is 9.96. The van der Waals surface area contributed by atoms with Crippen LogP contribution in [0.15, 0.2) is 54.6 Å². The first-order chi connectivity index (χ1) is 11.6. The first-order valence-electron chi connectivity index (χ1n) is 7.09. The number of nitriles is 2. The number of rotatable bonds is 2. The van der Waals surface area contributed by atoms with Crippen LogP contribution in [0, 0.1) is 28.5 Å². The third-order valence-corrected chi connectivity index (χ3v) is 3.62. The smallest absolute Gasteiger partial charge is 0.142 e. The molecule has 0 radical (unpaired) electrons. The molecular weight excluding hydrogens is 303 g/mol. The molecule has 2 N–H and O–H groups in total. The molecule has 0 saturated carbocycles. The topological polar surface area (TPSA) is 86.5 Å². The summed E-state index contributed by atoms with van der Waals surface area (Å²) in [6.07, 6.45) is 0. The first kappa shape index (κ1) is 15.2. The largest absolute Gasteiger partial charge is 0.383 e. The van der Waals surface area contributed by atoms with Crippen LogP contribution < -0.4 is 5.73 Å². The van der Waals surface area contributed by atoms with Gasteiger partial charge < -0.3 is 5.73 Å². The Labute approximate surface area is 138 Å². The molecule has 4 nitrogen and oxygen atoms in total. The molecule has 1 heterocycles. The lowest BCUT2D eigenvalue weighted by Gasteiger charge is -2.10. The van der Waals surface area contributed by atoms with Crippen LogP contribution in [-0.4, -0.2) is 4.98 Å². The molecule has 0 saturated heterocycles. The summed E-state index contributed by atoms with van der Waals surface area (Å²) < 4.78 is 13.1. The van der Waals surface area contributed by atoms with Gasteiger partial charge in [0.25, 0.3) is 0 Å². The van der Waals surface area contributed by atoms with Crippen LogP contribution in [0.1, 0.15) is 11.1 Å². The van der Waals surface area contributed by atoms with Gasteiger partial charge in [-0.3, -0.25) is 0 Å². The minimum absolute atomic E-state index is 0.110. The summed E-state index contributed by atoms with van der Waals surface area (Å²) in [5.74, 6) is -0.230. The average molecular weight is 314 g/mol. The third-order valence-electron chi connectivity index (χ3n) is 3.62. The summed E-state index contributed by atoms with van der Waals surface area (Å²) in [5.41, 5.74) is 9.34. The lowest BCUT2D eigenvalue weighted by atomic mass is 9.97. The lowest BCUT2D eigenvalue weighted by Crippen LogP contribution is -1.99. The van der Waals surface area contributed by atoms with Crippen LogP contribution in [0.3, 0.4) is 0 Å². The van der Waals surface area contributed by atoms with Crippen molar-refractivity contribution >= 4 is 5.82 Å². The molecule has 0 bridgehead atoms. The highest BCUT2D eigenvalue weighted by Gasteiger charge is 2.13. The number of nitrogens with two attached hydrogens (primary N) is 1. The first-order valence-corrected chi connectivity index (χ1v) is 7.09. The van der Waals surface area contributed by atoms with Gasteiger partial charge in [0.2, 0.25) is 0 Å². The van der Waals surface area contributed by atoms with Crippen LogP contribution in [0.5, 0.6) is 0 Å². The third kappa shape index (κ3) is 2.79. The molecule has 3 aromatic rings. The predicted octanol–water partition coefficient (Wildman–Crippen LogP) is 3.88. The fraction of sp³-hybridized carbons (Fsp3) is 0. The van der Waals surface area contributed by atoms with Crippen molar-refractivity contribution in [2.45, 2.75) is 0 Å². The Morgan fingerprint density at radius 1 is 0.875 bits per heavy atom. The SMILES string of the molecule is N#Cc1ccc(-c2cc(-c3ccc(F)cc3)nc(N)c2C#N)cc1. The molecule has 0 unspecified atom stereocenters. The van der Waals surface area contributed by atoms with Crippen LogP contribution in [-0.2, 0) is 0 Å². The van der Waals surface area contributed by atoms with Gasteiger partial charge in [0, 0.05) is 11.1 Å². The minimum Gasteiger partial charge on any atom is -0.383 e. The Hall–Kier alpha value is -3.70. The van der Waals surface area contributed by atoms with E-state index >= 15 is 0 Å². The molecule has 3 rings (SSSR count). The second-order valence-corrected chi connectivity index (χ2v) is 5.12. The zero-order chi connectivity index (χ0) is 17.1. The number of anilines is 1. The Kier molecular flexibility index (Phi) is 3.93. The van der Waals surface area contributed by atoms with Crippen molar-refractivity contribution in [3.8, 4) is 34.5 Å². The van der Waals surface area contributed by atoms with Crippen LogP contribution >= 0.6 is 0 Å². The van der Waals surface area contributed by atoms with E-state index in [1.165, 1.54) is 12.1 Å². The van der Waals surface area contributed by atoms with E-state index in [2.05, 4.69) is 17.1 Å². The highest BCUT2D eigenvalue weighted by Crippen LogP contribution is 2.31. The summed E-state index contributed by atoms with van der Waals surface area (Å²) in [5, 5.41) is 18.3.